The van der Waals surface area contributed by atoms with Gasteiger partial charge in [-0.25, -0.2) is 0 Å². The predicted octanol–water partition coefficient (Wildman–Crippen LogP) is 6.04. The summed E-state index contributed by atoms with van der Waals surface area (Å²) in [5, 5.41) is 6.47. The van der Waals surface area contributed by atoms with Crippen LogP contribution in [0.5, 0.6) is 0 Å². The molecule has 0 saturated carbocycles. The van der Waals surface area contributed by atoms with Crippen LogP contribution in [0.3, 0.4) is 0 Å². The SMILES string of the molecule is CCc1ccc([C@@H](C)NCCCC2=CC=C=CC=C2)c2ccccc12. The van der Waals surface area contributed by atoms with E-state index >= 15 is 0 Å². The van der Waals surface area contributed by atoms with Gasteiger partial charge in [0.1, 0.15) is 0 Å². The second kappa shape index (κ2) is 8.67. The quantitative estimate of drug-likeness (QED) is 0.482. The summed E-state index contributed by atoms with van der Waals surface area (Å²) < 4.78 is 0. The molecule has 0 bridgehead atoms. The van der Waals surface area contributed by atoms with Gasteiger partial charge in [-0.1, -0.05) is 61.5 Å². The lowest BCUT2D eigenvalue weighted by Gasteiger charge is -2.18. The van der Waals surface area contributed by atoms with Crippen molar-refractivity contribution in [3.63, 3.8) is 0 Å². The molecule has 0 fully saturated rings. The highest BCUT2D eigenvalue weighted by Gasteiger charge is 2.10. The molecule has 0 heterocycles. The Kier molecular flexibility index (Phi) is 6.06. The maximum atomic E-state index is 3.70. The summed E-state index contributed by atoms with van der Waals surface area (Å²) in [5.74, 6) is 0. The summed E-state index contributed by atoms with van der Waals surface area (Å²) in [7, 11) is 0. The number of fused-ring (bicyclic) bond motifs is 1. The van der Waals surface area contributed by atoms with Crippen molar-refractivity contribution in [1.82, 2.24) is 5.32 Å². The van der Waals surface area contributed by atoms with E-state index in [9.17, 15) is 0 Å². The van der Waals surface area contributed by atoms with Gasteiger partial charge >= 0.3 is 0 Å². The molecule has 0 radical (unpaired) electrons. The Hall–Kier alpha value is -2.34. The normalized spacial score (nSPS) is 14.6. The van der Waals surface area contributed by atoms with Gasteiger partial charge in [-0.2, -0.15) is 0 Å². The Morgan fingerprint density at radius 2 is 1.88 bits per heavy atom. The summed E-state index contributed by atoms with van der Waals surface area (Å²) >= 11 is 0. The summed E-state index contributed by atoms with van der Waals surface area (Å²) in [6.45, 7) is 5.52. The molecule has 2 aromatic rings. The first-order valence-corrected chi connectivity index (χ1v) is 9.32. The maximum Gasteiger partial charge on any atom is 0.0297 e. The van der Waals surface area contributed by atoms with Gasteiger partial charge in [0, 0.05) is 6.04 Å². The first-order valence-electron chi connectivity index (χ1n) is 9.32. The standard InChI is InChI=1S/C24H27N/c1-3-21-16-17-22(24-15-9-8-14-23(21)24)19(2)25-18-10-13-20-11-6-4-5-7-12-20/h4,6-9,11-12,14-17,19,25H,3,10,13,18H2,1-2H3/t19-/m1/s1. The van der Waals surface area contributed by atoms with Crippen LogP contribution in [0.4, 0.5) is 0 Å². The van der Waals surface area contributed by atoms with Crippen LogP contribution in [0, 0.1) is 0 Å². The zero-order chi connectivity index (χ0) is 17.5. The van der Waals surface area contributed by atoms with Gasteiger partial charge in [-0.05, 0) is 72.4 Å². The van der Waals surface area contributed by atoms with Crippen LogP contribution in [0.1, 0.15) is 43.9 Å². The van der Waals surface area contributed by atoms with Gasteiger partial charge in [-0.3, -0.25) is 0 Å². The zero-order valence-corrected chi connectivity index (χ0v) is 15.3. The smallest absolute Gasteiger partial charge is 0.0297 e. The maximum absolute atomic E-state index is 3.70. The highest BCUT2D eigenvalue weighted by atomic mass is 14.9. The van der Waals surface area contributed by atoms with Crippen molar-refractivity contribution >= 4 is 10.8 Å². The summed E-state index contributed by atoms with van der Waals surface area (Å²) in [4.78, 5) is 0. The minimum absolute atomic E-state index is 0.357. The van der Waals surface area contributed by atoms with Crippen molar-refractivity contribution in [3.8, 4) is 0 Å². The number of nitrogens with one attached hydrogen (secondary N) is 1. The molecular formula is C24H27N. The zero-order valence-electron chi connectivity index (χ0n) is 15.3. The van der Waals surface area contributed by atoms with Crippen molar-refractivity contribution in [1.29, 1.82) is 0 Å². The molecule has 0 saturated heterocycles. The van der Waals surface area contributed by atoms with Crippen molar-refractivity contribution in [3.05, 3.63) is 89.2 Å². The largest absolute Gasteiger partial charge is 0.310 e. The minimum atomic E-state index is 0.357. The molecule has 0 unspecified atom stereocenters. The van der Waals surface area contributed by atoms with Crippen LogP contribution in [-0.2, 0) is 6.42 Å². The number of hydrogen-bond donors (Lipinski definition) is 1. The second-order valence-corrected chi connectivity index (χ2v) is 6.59. The molecule has 2 aromatic carbocycles. The molecule has 128 valence electrons. The van der Waals surface area contributed by atoms with E-state index in [1.807, 2.05) is 12.2 Å². The fourth-order valence-corrected chi connectivity index (χ4v) is 3.45. The van der Waals surface area contributed by atoms with Crippen LogP contribution in [0.15, 0.2) is 78.1 Å². The summed E-state index contributed by atoms with van der Waals surface area (Å²) in [6.07, 6.45) is 13.7. The Labute approximate surface area is 151 Å². The van der Waals surface area contributed by atoms with Gasteiger partial charge in [0.2, 0.25) is 0 Å². The molecule has 1 heteroatoms. The molecule has 0 spiro atoms. The van der Waals surface area contributed by atoms with Gasteiger partial charge in [0.25, 0.3) is 0 Å². The number of aryl methyl sites for hydroxylation is 1. The van der Waals surface area contributed by atoms with Crippen LogP contribution in [0.25, 0.3) is 10.8 Å². The van der Waals surface area contributed by atoms with E-state index in [4.69, 9.17) is 0 Å². The molecule has 3 rings (SSSR count). The van der Waals surface area contributed by atoms with Crippen molar-refractivity contribution in [2.75, 3.05) is 6.54 Å². The molecule has 1 N–H and O–H groups in total. The van der Waals surface area contributed by atoms with E-state index in [-0.39, 0.29) is 0 Å². The van der Waals surface area contributed by atoms with Crippen LogP contribution in [0.2, 0.25) is 0 Å². The second-order valence-electron chi connectivity index (χ2n) is 6.59. The molecular weight excluding hydrogens is 302 g/mol. The van der Waals surface area contributed by atoms with E-state index in [1.165, 1.54) is 27.5 Å². The Balaban J connectivity index is 1.62. The lowest BCUT2D eigenvalue weighted by atomic mass is 9.95. The topological polar surface area (TPSA) is 12.0 Å². The number of hydrogen-bond acceptors (Lipinski definition) is 1. The third-order valence-corrected chi connectivity index (χ3v) is 4.88. The van der Waals surface area contributed by atoms with E-state index in [1.54, 1.807) is 0 Å². The van der Waals surface area contributed by atoms with Crippen molar-refractivity contribution in [2.45, 2.75) is 39.2 Å². The average Bonchev–Trinajstić information content (AvgIpc) is 2.93. The fourth-order valence-electron chi connectivity index (χ4n) is 3.45. The summed E-state index contributed by atoms with van der Waals surface area (Å²) in [6, 6.07) is 13.7. The summed E-state index contributed by atoms with van der Waals surface area (Å²) in [5.41, 5.74) is 7.30. The van der Waals surface area contributed by atoms with Crippen molar-refractivity contribution < 1.29 is 0 Å². The Bertz CT molecular complexity index is 848. The van der Waals surface area contributed by atoms with E-state index in [0.717, 1.165) is 25.8 Å². The van der Waals surface area contributed by atoms with Crippen LogP contribution in [-0.4, -0.2) is 6.54 Å². The molecule has 0 amide bonds. The van der Waals surface area contributed by atoms with Gasteiger partial charge < -0.3 is 5.32 Å². The van der Waals surface area contributed by atoms with E-state index in [0.29, 0.717) is 6.04 Å². The monoisotopic (exact) mass is 329 g/mol. The van der Waals surface area contributed by atoms with Crippen LogP contribution < -0.4 is 5.32 Å². The average molecular weight is 329 g/mol. The molecule has 0 aliphatic heterocycles. The highest BCUT2D eigenvalue weighted by molar-refractivity contribution is 5.89. The third kappa shape index (κ3) is 4.39. The van der Waals surface area contributed by atoms with E-state index in [2.05, 4.69) is 79.5 Å². The van der Waals surface area contributed by atoms with Gasteiger partial charge in [-0.15, -0.1) is 5.73 Å². The Morgan fingerprint density at radius 3 is 2.72 bits per heavy atom. The first kappa shape index (κ1) is 17.5. The number of benzene rings is 2. The Morgan fingerprint density at radius 1 is 1.04 bits per heavy atom. The first-order chi connectivity index (χ1) is 12.3. The lowest BCUT2D eigenvalue weighted by molar-refractivity contribution is 0.561. The van der Waals surface area contributed by atoms with E-state index < -0.39 is 0 Å². The van der Waals surface area contributed by atoms with Crippen LogP contribution >= 0.6 is 0 Å². The molecule has 1 nitrogen and oxygen atoms in total. The number of allylic oxidation sites excluding steroid dienone is 5. The molecule has 25 heavy (non-hydrogen) atoms. The fraction of sp³-hybridized carbons (Fsp3) is 0.292. The molecule has 1 atom stereocenters. The number of rotatable bonds is 7. The molecule has 1 aliphatic rings. The third-order valence-electron chi connectivity index (χ3n) is 4.88. The van der Waals surface area contributed by atoms with Gasteiger partial charge in [0.05, 0.1) is 0 Å². The molecule has 1 aliphatic carbocycles. The predicted molar refractivity (Wildman–Crippen MR) is 109 cm³/mol. The highest BCUT2D eigenvalue weighted by Crippen LogP contribution is 2.27. The van der Waals surface area contributed by atoms with Gasteiger partial charge in [0.15, 0.2) is 0 Å². The van der Waals surface area contributed by atoms with Crippen molar-refractivity contribution in [2.24, 2.45) is 0 Å². The lowest BCUT2D eigenvalue weighted by Crippen LogP contribution is -2.20. The molecule has 0 aromatic heterocycles. The minimum Gasteiger partial charge on any atom is -0.310 e.